The minimum absolute atomic E-state index is 0.0255. The molecule has 1 atom stereocenters. The maximum atomic E-state index is 14.2. The fraction of sp³-hybridized carbons (Fsp3) is 0.655. The van der Waals surface area contributed by atoms with Gasteiger partial charge < -0.3 is 4.74 Å². The van der Waals surface area contributed by atoms with E-state index in [4.69, 9.17) is 18.3 Å². The van der Waals surface area contributed by atoms with Gasteiger partial charge in [0.2, 0.25) is 0 Å². The molecule has 1 fully saturated rings. The first kappa shape index (κ1) is 33.7. The SMILES string of the molecule is CC(COP(=O)(OC(C)(C)C)OC(C)(C)C)c1ccc2c(C(F)(F)F)c(OC3CCC(C(F)(F)F)CC3)ccc2c1. The van der Waals surface area contributed by atoms with Gasteiger partial charge in [-0.15, -0.1) is 0 Å². The van der Waals surface area contributed by atoms with Crippen LogP contribution in [0.1, 0.15) is 91.2 Å². The number of alkyl halides is 6. The normalized spacial score (nSPS) is 20.3. The van der Waals surface area contributed by atoms with Crippen molar-refractivity contribution in [2.75, 3.05) is 6.61 Å². The van der Waals surface area contributed by atoms with Gasteiger partial charge >= 0.3 is 20.2 Å². The molecule has 0 spiro atoms. The topological polar surface area (TPSA) is 54.0 Å². The Morgan fingerprint density at radius 3 is 1.90 bits per heavy atom. The molecule has 1 saturated carbocycles. The highest BCUT2D eigenvalue weighted by Crippen LogP contribution is 2.56. The van der Waals surface area contributed by atoms with E-state index in [1.807, 2.05) is 0 Å². The van der Waals surface area contributed by atoms with Gasteiger partial charge in [-0.3, -0.25) is 13.6 Å². The lowest BCUT2D eigenvalue weighted by atomic mass is 9.87. The Hall–Kier alpha value is -1.81. The standard InChI is InChI=1S/C29H39F6O5P/c1-18(17-37-41(36,39-26(2,3)4)40-27(5,6)7)19-8-14-23-20(16-19)9-15-24(25(23)29(33,34)35)38-22-12-10-21(11-13-22)28(30,31)32/h8-9,14-16,18,21-22H,10-13,17H2,1-7H3. The van der Waals surface area contributed by atoms with E-state index in [0.717, 1.165) is 0 Å². The van der Waals surface area contributed by atoms with Crippen molar-refractivity contribution in [2.45, 2.75) is 110 Å². The third-order valence-electron chi connectivity index (χ3n) is 6.54. The number of hydrogen-bond donors (Lipinski definition) is 0. The molecule has 0 aromatic heterocycles. The molecule has 3 rings (SSSR count). The van der Waals surface area contributed by atoms with Crippen molar-refractivity contribution in [1.82, 2.24) is 0 Å². The van der Waals surface area contributed by atoms with E-state index in [9.17, 15) is 30.9 Å². The van der Waals surface area contributed by atoms with Gasteiger partial charge in [-0.05, 0) is 89.6 Å². The van der Waals surface area contributed by atoms with Crippen LogP contribution >= 0.6 is 7.82 Å². The Kier molecular flexibility index (Phi) is 9.91. The molecule has 0 amide bonds. The molecule has 0 bridgehead atoms. The third-order valence-corrected chi connectivity index (χ3v) is 8.55. The van der Waals surface area contributed by atoms with Crippen LogP contribution in [0.3, 0.4) is 0 Å². The Morgan fingerprint density at radius 1 is 0.854 bits per heavy atom. The molecule has 1 unspecified atom stereocenters. The van der Waals surface area contributed by atoms with Crippen molar-refractivity contribution in [3.8, 4) is 5.75 Å². The largest absolute Gasteiger partial charge is 0.490 e. The lowest BCUT2D eigenvalue weighted by molar-refractivity contribution is -0.185. The zero-order valence-corrected chi connectivity index (χ0v) is 25.3. The van der Waals surface area contributed by atoms with Crippen molar-refractivity contribution in [2.24, 2.45) is 5.92 Å². The fourth-order valence-corrected chi connectivity index (χ4v) is 6.64. The Balaban J connectivity index is 1.82. The predicted octanol–water partition coefficient (Wildman–Crippen LogP) is 10.2. The molecular formula is C29H39F6O5P. The van der Waals surface area contributed by atoms with Crippen molar-refractivity contribution in [1.29, 1.82) is 0 Å². The van der Waals surface area contributed by atoms with Crippen molar-refractivity contribution in [3.63, 3.8) is 0 Å². The summed E-state index contributed by atoms with van der Waals surface area (Å²) in [7, 11) is -3.98. The Labute approximate surface area is 237 Å². The summed E-state index contributed by atoms with van der Waals surface area (Å²) in [5.41, 5.74) is -1.97. The second-order valence-electron chi connectivity index (χ2n) is 12.6. The summed E-state index contributed by atoms with van der Waals surface area (Å²) in [6, 6.07) is 7.18. The molecular weight excluding hydrogens is 573 g/mol. The number of ether oxygens (including phenoxy) is 1. The van der Waals surface area contributed by atoms with Crippen LogP contribution in [0.25, 0.3) is 10.8 Å². The number of phosphoric acid groups is 1. The molecule has 1 aliphatic carbocycles. The predicted molar refractivity (Wildman–Crippen MR) is 145 cm³/mol. The monoisotopic (exact) mass is 612 g/mol. The first-order valence-corrected chi connectivity index (χ1v) is 15.1. The van der Waals surface area contributed by atoms with Gasteiger partial charge in [-0.2, -0.15) is 26.3 Å². The summed E-state index contributed by atoms with van der Waals surface area (Å²) < 4.78 is 118. The van der Waals surface area contributed by atoms with Crippen LogP contribution in [-0.4, -0.2) is 30.1 Å². The third kappa shape index (κ3) is 9.60. The number of phosphoric ester groups is 1. The fourth-order valence-electron chi connectivity index (χ4n) is 4.75. The quantitative estimate of drug-likeness (QED) is 0.219. The first-order valence-electron chi connectivity index (χ1n) is 13.6. The highest BCUT2D eigenvalue weighted by atomic mass is 31.2. The molecule has 0 heterocycles. The summed E-state index contributed by atoms with van der Waals surface area (Å²) in [4.78, 5) is 0. The first-order chi connectivity index (χ1) is 18.6. The summed E-state index contributed by atoms with van der Waals surface area (Å²) in [5.74, 6) is -2.24. The maximum absolute atomic E-state index is 14.2. The number of rotatable bonds is 8. The minimum Gasteiger partial charge on any atom is -0.490 e. The highest BCUT2D eigenvalue weighted by molar-refractivity contribution is 7.48. The second kappa shape index (κ2) is 12.1. The van der Waals surface area contributed by atoms with Crippen molar-refractivity contribution < 1.29 is 49.2 Å². The van der Waals surface area contributed by atoms with Gasteiger partial charge in [0.25, 0.3) is 0 Å². The minimum atomic E-state index is -4.75. The highest BCUT2D eigenvalue weighted by Gasteiger charge is 2.43. The van der Waals surface area contributed by atoms with E-state index in [0.29, 0.717) is 10.9 Å². The maximum Gasteiger partial charge on any atom is 0.475 e. The van der Waals surface area contributed by atoms with Gasteiger partial charge in [0.1, 0.15) is 11.3 Å². The molecule has 12 heteroatoms. The molecule has 0 N–H and O–H groups in total. The molecule has 0 radical (unpaired) electrons. The molecule has 41 heavy (non-hydrogen) atoms. The number of hydrogen-bond acceptors (Lipinski definition) is 5. The average Bonchev–Trinajstić information content (AvgIpc) is 2.78. The summed E-state index contributed by atoms with van der Waals surface area (Å²) in [6.45, 7) is 12.0. The number of benzene rings is 2. The van der Waals surface area contributed by atoms with Gasteiger partial charge in [0.15, 0.2) is 0 Å². The van der Waals surface area contributed by atoms with Crippen molar-refractivity contribution >= 4 is 18.6 Å². The molecule has 5 nitrogen and oxygen atoms in total. The smallest absolute Gasteiger partial charge is 0.475 e. The van der Waals surface area contributed by atoms with Crippen LogP contribution in [0.2, 0.25) is 0 Å². The lowest BCUT2D eigenvalue weighted by Gasteiger charge is -2.31. The summed E-state index contributed by atoms with van der Waals surface area (Å²) in [6.07, 6.45) is -10.1. The van der Waals surface area contributed by atoms with Crippen LogP contribution in [0.4, 0.5) is 26.3 Å². The number of halogens is 6. The molecule has 0 saturated heterocycles. The van der Waals surface area contributed by atoms with E-state index >= 15 is 0 Å². The van der Waals surface area contributed by atoms with E-state index in [1.54, 1.807) is 54.5 Å². The van der Waals surface area contributed by atoms with Gasteiger partial charge in [-0.1, -0.05) is 31.2 Å². The number of fused-ring (bicyclic) bond motifs is 1. The van der Waals surface area contributed by atoms with Gasteiger partial charge in [0, 0.05) is 5.92 Å². The average molecular weight is 613 g/mol. The molecule has 1 aliphatic rings. The molecule has 2 aromatic rings. The molecule has 232 valence electrons. The zero-order valence-electron chi connectivity index (χ0n) is 24.4. The van der Waals surface area contributed by atoms with Crippen LogP contribution in [-0.2, 0) is 24.3 Å². The van der Waals surface area contributed by atoms with E-state index < -0.39 is 54.7 Å². The molecule has 2 aromatic carbocycles. The Bertz CT molecular complexity index is 1220. The summed E-state index contributed by atoms with van der Waals surface area (Å²) >= 11 is 0. The van der Waals surface area contributed by atoms with Crippen LogP contribution < -0.4 is 4.74 Å². The van der Waals surface area contributed by atoms with Crippen LogP contribution in [0, 0.1) is 5.92 Å². The Morgan fingerprint density at radius 2 is 1.41 bits per heavy atom. The van der Waals surface area contributed by atoms with Crippen molar-refractivity contribution in [3.05, 3.63) is 41.5 Å². The van der Waals surface area contributed by atoms with Gasteiger partial charge in [-0.25, -0.2) is 4.57 Å². The lowest BCUT2D eigenvalue weighted by Crippen LogP contribution is -2.32. The second-order valence-corrected chi connectivity index (χ2v) is 14.1. The van der Waals surface area contributed by atoms with E-state index in [-0.39, 0.29) is 43.6 Å². The van der Waals surface area contributed by atoms with E-state index in [2.05, 4.69) is 0 Å². The zero-order chi connectivity index (χ0) is 31.0. The van der Waals surface area contributed by atoms with Crippen LogP contribution in [0.15, 0.2) is 30.3 Å². The van der Waals surface area contributed by atoms with Crippen LogP contribution in [0.5, 0.6) is 5.75 Å². The van der Waals surface area contributed by atoms with Gasteiger partial charge in [0.05, 0.1) is 29.8 Å². The van der Waals surface area contributed by atoms with E-state index in [1.165, 1.54) is 24.3 Å². The molecule has 0 aliphatic heterocycles. The summed E-state index contributed by atoms with van der Waals surface area (Å²) in [5, 5.41) is 0.212.